The third kappa shape index (κ3) is 6.27. The Morgan fingerprint density at radius 2 is 1.84 bits per heavy atom. The fourth-order valence-corrected chi connectivity index (χ4v) is 5.80. The van der Waals surface area contributed by atoms with E-state index in [4.69, 9.17) is 4.74 Å². The predicted molar refractivity (Wildman–Crippen MR) is 124 cm³/mol. The molecule has 2 aromatic rings. The monoisotopic (exact) mass is 461 g/mol. The van der Waals surface area contributed by atoms with Gasteiger partial charge in [0.05, 0.1) is 19.0 Å². The van der Waals surface area contributed by atoms with Crippen molar-refractivity contribution in [2.75, 3.05) is 30.9 Å². The summed E-state index contributed by atoms with van der Waals surface area (Å²) in [7, 11) is -3.29. The number of hydrogen-bond acceptors (Lipinski definition) is 5. The van der Waals surface area contributed by atoms with Crippen LogP contribution in [0.4, 0.5) is 10.2 Å². The van der Waals surface area contributed by atoms with Gasteiger partial charge < -0.3 is 9.64 Å². The summed E-state index contributed by atoms with van der Waals surface area (Å²) >= 11 is 0. The van der Waals surface area contributed by atoms with Crippen LogP contribution in [-0.2, 0) is 14.8 Å². The van der Waals surface area contributed by atoms with E-state index in [1.807, 2.05) is 30.3 Å². The van der Waals surface area contributed by atoms with Crippen LogP contribution in [0.3, 0.4) is 0 Å². The molecule has 1 saturated heterocycles. The summed E-state index contributed by atoms with van der Waals surface area (Å²) in [6.45, 7) is 1.97. The molecule has 6 nitrogen and oxygen atoms in total. The number of hydrogen-bond donors (Lipinski definition) is 1. The average molecular weight is 462 g/mol. The number of anilines is 1. The SMILES string of the molecule is CS(=O)(=O)N[C@H]1CCN(c2ccccn2)C[C@H]1CO[C@H]1CC[C@@H](c2ccc(F)cc2)CC1. The molecule has 4 rings (SSSR count). The molecule has 174 valence electrons. The van der Waals surface area contributed by atoms with Crippen molar-refractivity contribution in [3.63, 3.8) is 0 Å². The van der Waals surface area contributed by atoms with E-state index in [0.29, 0.717) is 19.1 Å². The number of halogens is 1. The Labute approximate surface area is 190 Å². The molecule has 8 heteroatoms. The minimum atomic E-state index is -3.29. The van der Waals surface area contributed by atoms with Gasteiger partial charge in [-0.05, 0) is 67.9 Å². The Bertz CT molecular complexity index is 964. The lowest BCUT2D eigenvalue weighted by Gasteiger charge is -2.40. The second kappa shape index (κ2) is 10.3. The number of nitrogens with zero attached hydrogens (tertiary/aromatic N) is 2. The van der Waals surface area contributed by atoms with Gasteiger partial charge in [0.2, 0.25) is 10.0 Å². The minimum Gasteiger partial charge on any atom is -0.378 e. The highest BCUT2D eigenvalue weighted by Crippen LogP contribution is 2.34. The first-order chi connectivity index (χ1) is 15.4. The molecule has 1 aliphatic carbocycles. The van der Waals surface area contributed by atoms with Gasteiger partial charge in [0.15, 0.2) is 0 Å². The predicted octanol–water partition coefficient (Wildman–Crippen LogP) is 3.71. The third-order valence-electron chi connectivity index (χ3n) is 6.63. The summed E-state index contributed by atoms with van der Waals surface area (Å²) in [5, 5.41) is 0. The Hall–Kier alpha value is -2.03. The summed E-state index contributed by atoms with van der Waals surface area (Å²) in [5.41, 5.74) is 1.19. The maximum absolute atomic E-state index is 13.2. The second-order valence-corrected chi connectivity index (χ2v) is 10.8. The van der Waals surface area contributed by atoms with Gasteiger partial charge in [-0.2, -0.15) is 0 Å². The van der Waals surface area contributed by atoms with E-state index in [-0.39, 0.29) is 23.9 Å². The molecule has 2 atom stereocenters. The first-order valence-electron chi connectivity index (χ1n) is 11.4. The van der Waals surface area contributed by atoms with Crippen molar-refractivity contribution in [2.45, 2.75) is 50.2 Å². The standard InChI is InChI=1S/C24H32FN3O3S/c1-32(29,30)27-23-13-15-28(24-4-2-3-14-26-24)16-20(23)17-31-22-11-7-19(8-12-22)18-5-9-21(25)10-6-18/h2-6,9-10,14,19-20,22-23,27H,7-8,11-13,15-17H2,1H3/t19-,20-,22+,23-/m0/s1. The number of nitrogens with one attached hydrogen (secondary N) is 1. The fourth-order valence-electron chi connectivity index (χ4n) is 4.94. The largest absolute Gasteiger partial charge is 0.378 e. The lowest BCUT2D eigenvalue weighted by Crippen LogP contribution is -2.52. The zero-order valence-corrected chi connectivity index (χ0v) is 19.3. The first-order valence-corrected chi connectivity index (χ1v) is 13.3. The normalized spacial score (nSPS) is 26.8. The van der Waals surface area contributed by atoms with Crippen LogP contribution in [-0.4, -0.2) is 51.5 Å². The highest BCUT2D eigenvalue weighted by Gasteiger charge is 2.33. The number of aromatic nitrogens is 1. The molecule has 32 heavy (non-hydrogen) atoms. The van der Waals surface area contributed by atoms with E-state index in [1.165, 1.54) is 24.0 Å². The molecule has 0 spiro atoms. The van der Waals surface area contributed by atoms with Gasteiger partial charge in [-0.3, -0.25) is 0 Å². The van der Waals surface area contributed by atoms with Crippen LogP contribution in [0.25, 0.3) is 0 Å². The number of ether oxygens (including phenoxy) is 1. The maximum Gasteiger partial charge on any atom is 0.208 e. The van der Waals surface area contributed by atoms with Crippen molar-refractivity contribution in [1.29, 1.82) is 0 Å². The molecule has 0 radical (unpaired) electrons. The van der Waals surface area contributed by atoms with Crippen molar-refractivity contribution in [2.24, 2.45) is 5.92 Å². The number of piperidine rings is 1. The van der Waals surface area contributed by atoms with Gasteiger partial charge >= 0.3 is 0 Å². The number of rotatable bonds is 7. The van der Waals surface area contributed by atoms with Crippen LogP contribution in [0.2, 0.25) is 0 Å². The third-order valence-corrected chi connectivity index (χ3v) is 7.37. The van der Waals surface area contributed by atoms with Crippen molar-refractivity contribution in [1.82, 2.24) is 9.71 Å². The van der Waals surface area contributed by atoms with Crippen molar-refractivity contribution < 1.29 is 17.5 Å². The summed E-state index contributed by atoms with van der Waals surface area (Å²) < 4.78 is 46.1. The Balaban J connectivity index is 1.34. The molecule has 1 saturated carbocycles. The molecule has 1 aromatic heterocycles. The minimum absolute atomic E-state index is 0.0512. The molecule has 2 aliphatic rings. The van der Waals surface area contributed by atoms with Gasteiger partial charge in [-0.25, -0.2) is 22.5 Å². The quantitative estimate of drug-likeness (QED) is 0.681. The molecule has 0 bridgehead atoms. The molecule has 0 unspecified atom stereocenters. The average Bonchev–Trinajstić information content (AvgIpc) is 2.79. The van der Waals surface area contributed by atoms with Gasteiger partial charge in [-0.1, -0.05) is 18.2 Å². The van der Waals surface area contributed by atoms with Gasteiger partial charge in [0.25, 0.3) is 0 Å². The summed E-state index contributed by atoms with van der Waals surface area (Å²) in [5.74, 6) is 1.21. The molecular formula is C24H32FN3O3S. The van der Waals surface area contributed by atoms with Crippen LogP contribution in [0, 0.1) is 11.7 Å². The molecule has 1 N–H and O–H groups in total. The van der Waals surface area contributed by atoms with Crippen LogP contribution in [0.5, 0.6) is 0 Å². The molecule has 2 heterocycles. The first kappa shape index (κ1) is 23.1. The molecule has 2 fully saturated rings. The van der Waals surface area contributed by atoms with E-state index < -0.39 is 10.0 Å². The van der Waals surface area contributed by atoms with Crippen LogP contribution in [0.15, 0.2) is 48.7 Å². The Kier molecular flexibility index (Phi) is 7.43. The van der Waals surface area contributed by atoms with E-state index in [1.54, 1.807) is 6.20 Å². The fraction of sp³-hybridized carbons (Fsp3) is 0.542. The lowest BCUT2D eigenvalue weighted by atomic mass is 9.82. The molecule has 1 aliphatic heterocycles. The smallest absolute Gasteiger partial charge is 0.208 e. The Morgan fingerprint density at radius 3 is 2.50 bits per heavy atom. The maximum atomic E-state index is 13.2. The zero-order chi connectivity index (χ0) is 22.6. The molecule has 0 amide bonds. The molecular weight excluding hydrogens is 429 g/mol. The highest BCUT2D eigenvalue weighted by atomic mass is 32.2. The van der Waals surface area contributed by atoms with Gasteiger partial charge in [0, 0.05) is 31.2 Å². The van der Waals surface area contributed by atoms with Crippen molar-refractivity contribution in [3.05, 3.63) is 60.0 Å². The van der Waals surface area contributed by atoms with Crippen LogP contribution < -0.4 is 9.62 Å². The van der Waals surface area contributed by atoms with Crippen LogP contribution in [0.1, 0.15) is 43.6 Å². The molecule has 1 aromatic carbocycles. The van der Waals surface area contributed by atoms with Crippen LogP contribution >= 0.6 is 0 Å². The number of sulfonamides is 1. The summed E-state index contributed by atoms with van der Waals surface area (Å²) in [6, 6.07) is 12.5. The topological polar surface area (TPSA) is 71.5 Å². The summed E-state index contributed by atoms with van der Waals surface area (Å²) in [6.07, 6.45) is 7.85. The summed E-state index contributed by atoms with van der Waals surface area (Å²) in [4.78, 5) is 6.66. The van der Waals surface area contributed by atoms with Gasteiger partial charge in [0.1, 0.15) is 11.6 Å². The van der Waals surface area contributed by atoms with E-state index >= 15 is 0 Å². The lowest BCUT2D eigenvalue weighted by molar-refractivity contribution is -0.00214. The van der Waals surface area contributed by atoms with E-state index in [0.717, 1.165) is 44.5 Å². The zero-order valence-electron chi connectivity index (χ0n) is 18.5. The second-order valence-electron chi connectivity index (χ2n) is 9.04. The number of pyridine rings is 1. The van der Waals surface area contributed by atoms with Crippen molar-refractivity contribution >= 4 is 15.8 Å². The van der Waals surface area contributed by atoms with Gasteiger partial charge in [-0.15, -0.1) is 0 Å². The highest BCUT2D eigenvalue weighted by molar-refractivity contribution is 7.88. The van der Waals surface area contributed by atoms with E-state index in [9.17, 15) is 12.8 Å². The van der Waals surface area contributed by atoms with E-state index in [2.05, 4.69) is 14.6 Å². The number of benzene rings is 1. The van der Waals surface area contributed by atoms with Crippen molar-refractivity contribution in [3.8, 4) is 0 Å². The Morgan fingerprint density at radius 1 is 1.09 bits per heavy atom.